The first-order valence-corrected chi connectivity index (χ1v) is 8.29. The summed E-state index contributed by atoms with van der Waals surface area (Å²) < 4.78 is 14.6. The molecule has 3 rings (SSSR count). The molecule has 0 aromatic heterocycles. The van der Waals surface area contributed by atoms with Gasteiger partial charge in [-0.3, -0.25) is 9.69 Å². The fraction of sp³-hybridized carbons (Fsp3) is 0.500. The summed E-state index contributed by atoms with van der Waals surface area (Å²) in [5.74, 6) is -0.0618. The van der Waals surface area contributed by atoms with Gasteiger partial charge in [0.15, 0.2) is 0 Å². The molecule has 1 saturated carbocycles. The van der Waals surface area contributed by atoms with Gasteiger partial charge in [-0.15, -0.1) is 0 Å². The third-order valence-corrected chi connectivity index (χ3v) is 5.21. The molecule has 1 saturated heterocycles. The van der Waals surface area contributed by atoms with Gasteiger partial charge < -0.3 is 5.32 Å². The van der Waals surface area contributed by atoms with E-state index in [-0.39, 0.29) is 12.5 Å². The molecule has 1 aliphatic carbocycles. The normalized spacial score (nSPS) is 28.3. The molecule has 4 nitrogen and oxygen atoms in total. The molecular formula is C16H18BrFN2O2. The predicted molar refractivity (Wildman–Crippen MR) is 83.5 cm³/mol. The van der Waals surface area contributed by atoms with Gasteiger partial charge in [0.1, 0.15) is 11.4 Å². The van der Waals surface area contributed by atoms with Gasteiger partial charge in [-0.2, -0.15) is 0 Å². The minimum Gasteiger partial charge on any atom is -0.323 e. The number of halogens is 2. The van der Waals surface area contributed by atoms with E-state index in [4.69, 9.17) is 0 Å². The molecule has 0 unspecified atom stereocenters. The standard InChI is InChI=1S/C16H18BrFN2O2/c1-10-4-6-16(7-5-10)14(21)20(15(22)19-16)9-11-2-3-12(17)8-13(11)18/h2-3,8,10H,4-7,9H2,1H3,(H,19,22). The zero-order valence-corrected chi connectivity index (χ0v) is 14.0. The Kier molecular flexibility index (Phi) is 3.97. The molecule has 1 spiro atoms. The van der Waals surface area contributed by atoms with E-state index in [2.05, 4.69) is 28.2 Å². The van der Waals surface area contributed by atoms with E-state index in [1.807, 2.05) is 0 Å². The van der Waals surface area contributed by atoms with Gasteiger partial charge >= 0.3 is 6.03 Å². The maximum absolute atomic E-state index is 13.9. The van der Waals surface area contributed by atoms with Crippen molar-refractivity contribution in [3.63, 3.8) is 0 Å². The van der Waals surface area contributed by atoms with Gasteiger partial charge in [0.2, 0.25) is 0 Å². The number of rotatable bonds is 2. The molecule has 0 atom stereocenters. The molecule has 6 heteroatoms. The number of amides is 3. The molecule has 118 valence electrons. The highest BCUT2D eigenvalue weighted by molar-refractivity contribution is 9.10. The summed E-state index contributed by atoms with van der Waals surface area (Å²) in [4.78, 5) is 26.0. The third kappa shape index (κ3) is 2.64. The smallest absolute Gasteiger partial charge is 0.323 e. The van der Waals surface area contributed by atoms with Gasteiger partial charge in [-0.05, 0) is 43.7 Å². The third-order valence-electron chi connectivity index (χ3n) is 4.72. The number of nitrogens with zero attached hydrogens (tertiary/aromatic N) is 1. The zero-order chi connectivity index (χ0) is 15.9. The van der Waals surface area contributed by atoms with E-state index in [1.165, 1.54) is 6.07 Å². The summed E-state index contributed by atoms with van der Waals surface area (Å²) >= 11 is 3.20. The van der Waals surface area contributed by atoms with Crippen LogP contribution in [0.5, 0.6) is 0 Å². The monoisotopic (exact) mass is 368 g/mol. The Morgan fingerprint density at radius 1 is 1.36 bits per heavy atom. The van der Waals surface area contributed by atoms with Crippen LogP contribution in [-0.2, 0) is 11.3 Å². The Labute approximate surface area is 137 Å². The number of nitrogens with one attached hydrogen (secondary N) is 1. The maximum atomic E-state index is 13.9. The Hall–Kier alpha value is -1.43. The maximum Gasteiger partial charge on any atom is 0.325 e. The highest BCUT2D eigenvalue weighted by Gasteiger charge is 2.51. The molecule has 0 radical (unpaired) electrons. The van der Waals surface area contributed by atoms with E-state index in [1.54, 1.807) is 12.1 Å². The molecule has 2 fully saturated rings. The molecule has 22 heavy (non-hydrogen) atoms. The van der Waals surface area contributed by atoms with Crippen molar-refractivity contribution in [1.29, 1.82) is 0 Å². The van der Waals surface area contributed by atoms with Gasteiger partial charge in [0, 0.05) is 10.0 Å². The van der Waals surface area contributed by atoms with Crippen LogP contribution in [0.15, 0.2) is 22.7 Å². The lowest BCUT2D eigenvalue weighted by Gasteiger charge is -2.33. The molecule has 3 amide bonds. The van der Waals surface area contributed by atoms with Gasteiger partial charge in [0.25, 0.3) is 5.91 Å². The average Bonchev–Trinajstić information content (AvgIpc) is 2.69. The molecule has 1 heterocycles. The molecule has 1 aromatic carbocycles. The van der Waals surface area contributed by atoms with Crippen LogP contribution in [0.2, 0.25) is 0 Å². The molecule has 2 aliphatic rings. The van der Waals surface area contributed by atoms with E-state index in [9.17, 15) is 14.0 Å². The zero-order valence-electron chi connectivity index (χ0n) is 12.4. The number of carbonyl (C=O) groups excluding carboxylic acids is 2. The highest BCUT2D eigenvalue weighted by atomic mass is 79.9. The number of hydrogen-bond acceptors (Lipinski definition) is 2. The quantitative estimate of drug-likeness (QED) is 0.810. The number of benzene rings is 1. The van der Waals surface area contributed by atoms with E-state index >= 15 is 0 Å². The lowest BCUT2D eigenvalue weighted by molar-refractivity contribution is -0.133. The van der Waals surface area contributed by atoms with Crippen molar-refractivity contribution < 1.29 is 14.0 Å². The Morgan fingerprint density at radius 2 is 2.05 bits per heavy atom. The van der Waals surface area contributed by atoms with Crippen LogP contribution >= 0.6 is 15.9 Å². The molecule has 1 aliphatic heterocycles. The summed E-state index contributed by atoms with van der Waals surface area (Å²) in [6, 6.07) is 4.22. The van der Waals surface area contributed by atoms with Gasteiger partial charge in [0.05, 0.1) is 6.54 Å². The first kappa shape index (κ1) is 15.5. The van der Waals surface area contributed by atoms with Crippen LogP contribution in [0.1, 0.15) is 38.2 Å². The fourth-order valence-corrected chi connectivity index (χ4v) is 3.57. The van der Waals surface area contributed by atoms with Crippen molar-refractivity contribution in [3.8, 4) is 0 Å². The van der Waals surface area contributed by atoms with Crippen LogP contribution in [0.3, 0.4) is 0 Å². The molecular weight excluding hydrogens is 351 g/mol. The van der Waals surface area contributed by atoms with Gasteiger partial charge in [-0.1, -0.05) is 28.9 Å². The largest absolute Gasteiger partial charge is 0.325 e. The summed E-state index contributed by atoms with van der Waals surface area (Å²) in [6.07, 6.45) is 3.18. The minimum absolute atomic E-state index is 0.0267. The first-order chi connectivity index (χ1) is 10.4. The Bertz CT molecular complexity index is 627. The van der Waals surface area contributed by atoms with Crippen LogP contribution in [0.4, 0.5) is 9.18 Å². The lowest BCUT2D eigenvalue weighted by atomic mass is 9.77. The fourth-order valence-electron chi connectivity index (χ4n) is 3.23. The number of hydrogen-bond donors (Lipinski definition) is 1. The van der Waals surface area contributed by atoms with Crippen LogP contribution < -0.4 is 5.32 Å². The van der Waals surface area contributed by atoms with Crippen molar-refractivity contribution in [2.24, 2.45) is 5.92 Å². The number of imide groups is 1. The van der Waals surface area contributed by atoms with Crippen molar-refractivity contribution in [1.82, 2.24) is 10.2 Å². The SMILES string of the molecule is CC1CCC2(CC1)NC(=O)N(Cc1ccc(Br)cc1F)C2=O. The second kappa shape index (κ2) is 5.65. The summed E-state index contributed by atoms with van der Waals surface area (Å²) in [5.41, 5.74) is -0.428. The highest BCUT2D eigenvalue weighted by Crippen LogP contribution is 2.36. The van der Waals surface area contributed by atoms with E-state index in [0.29, 0.717) is 28.8 Å². The van der Waals surface area contributed by atoms with Crippen molar-refractivity contribution in [3.05, 3.63) is 34.1 Å². The van der Waals surface area contributed by atoms with Gasteiger partial charge in [-0.25, -0.2) is 9.18 Å². The second-order valence-electron chi connectivity index (χ2n) is 6.32. The van der Waals surface area contributed by atoms with Crippen molar-refractivity contribution in [2.75, 3.05) is 0 Å². The number of carbonyl (C=O) groups is 2. The summed E-state index contributed by atoms with van der Waals surface area (Å²) in [5, 5.41) is 2.85. The van der Waals surface area contributed by atoms with Crippen molar-refractivity contribution in [2.45, 2.75) is 44.7 Å². The van der Waals surface area contributed by atoms with Crippen LogP contribution in [0, 0.1) is 11.7 Å². The first-order valence-electron chi connectivity index (χ1n) is 7.49. The summed E-state index contributed by atoms with van der Waals surface area (Å²) in [6.45, 7) is 2.13. The van der Waals surface area contributed by atoms with Crippen LogP contribution in [0.25, 0.3) is 0 Å². The topological polar surface area (TPSA) is 49.4 Å². The Balaban J connectivity index is 1.80. The average molecular weight is 369 g/mol. The van der Waals surface area contributed by atoms with Crippen LogP contribution in [-0.4, -0.2) is 22.4 Å². The lowest BCUT2D eigenvalue weighted by Crippen LogP contribution is -2.49. The summed E-state index contributed by atoms with van der Waals surface area (Å²) in [7, 11) is 0. The Morgan fingerprint density at radius 3 is 2.68 bits per heavy atom. The van der Waals surface area contributed by atoms with E-state index < -0.39 is 17.4 Å². The molecule has 1 aromatic rings. The predicted octanol–water partition coefficient (Wildman–Crippen LogP) is 3.59. The molecule has 0 bridgehead atoms. The minimum atomic E-state index is -0.768. The second-order valence-corrected chi connectivity index (χ2v) is 7.24. The van der Waals surface area contributed by atoms with Crippen molar-refractivity contribution >= 4 is 27.9 Å². The van der Waals surface area contributed by atoms with E-state index in [0.717, 1.165) is 17.7 Å². The molecule has 1 N–H and O–H groups in total. The number of urea groups is 1.